The summed E-state index contributed by atoms with van der Waals surface area (Å²) in [6.45, 7) is 3.41. The molecule has 1 aliphatic carbocycles. The van der Waals surface area contributed by atoms with Crippen LogP contribution in [0.1, 0.15) is 36.5 Å². The number of halogens is 1. The first-order valence-electron chi connectivity index (χ1n) is 8.79. The van der Waals surface area contributed by atoms with E-state index >= 15 is 0 Å². The topological polar surface area (TPSA) is 32.3 Å². The standard InChI is InChI=1S/C21H27NO.ClH/c1-16(10-11-17-6-3-2-4-7-17)15-22-19-12-13-20-18(14-19)8-5-9-21(20)23;/h2-9,16,19,22-23H,10-15H2,1H3;1H. The minimum atomic E-state index is 0. The highest BCUT2D eigenvalue weighted by Gasteiger charge is 2.20. The molecule has 0 amide bonds. The average molecular weight is 346 g/mol. The lowest BCUT2D eigenvalue weighted by Crippen LogP contribution is -2.37. The Morgan fingerprint density at radius 2 is 1.92 bits per heavy atom. The van der Waals surface area contributed by atoms with E-state index in [4.69, 9.17) is 0 Å². The van der Waals surface area contributed by atoms with Crippen molar-refractivity contribution in [2.75, 3.05) is 6.54 Å². The van der Waals surface area contributed by atoms with Gasteiger partial charge in [0.05, 0.1) is 0 Å². The number of benzene rings is 2. The average Bonchev–Trinajstić information content (AvgIpc) is 2.59. The van der Waals surface area contributed by atoms with Gasteiger partial charge in [-0.25, -0.2) is 0 Å². The van der Waals surface area contributed by atoms with Crippen LogP contribution in [0, 0.1) is 5.92 Å². The van der Waals surface area contributed by atoms with Crippen LogP contribution in [0.5, 0.6) is 5.75 Å². The van der Waals surface area contributed by atoms with Crippen molar-refractivity contribution in [3.05, 3.63) is 65.2 Å². The zero-order valence-electron chi connectivity index (χ0n) is 14.4. The van der Waals surface area contributed by atoms with Gasteiger partial charge in [-0.3, -0.25) is 0 Å². The van der Waals surface area contributed by atoms with E-state index in [1.165, 1.54) is 17.5 Å². The van der Waals surface area contributed by atoms with Crippen LogP contribution in [0.3, 0.4) is 0 Å². The number of aryl methyl sites for hydroxylation is 1. The number of phenols is 1. The van der Waals surface area contributed by atoms with Crippen molar-refractivity contribution in [1.29, 1.82) is 0 Å². The number of rotatable bonds is 6. The van der Waals surface area contributed by atoms with Crippen molar-refractivity contribution in [2.24, 2.45) is 5.92 Å². The van der Waals surface area contributed by atoms with Crippen LogP contribution in [0.2, 0.25) is 0 Å². The van der Waals surface area contributed by atoms with E-state index in [-0.39, 0.29) is 12.4 Å². The second-order valence-electron chi connectivity index (χ2n) is 6.89. The molecular formula is C21H28ClNO. The van der Waals surface area contributed by atoms with Gasteiger partial charge < -0.3 is 10.4 Å². The molecule has 3 heteroatoms. The van der Waals surface area contributed by atoms with E-state index in [0.717, 1.165) is 37.8 Å². The van der Waals surface area contributed by atoms with Crippen LogP contribution in [0.25, 0.3) is 0 Å². The maximum absolute atomic E-state index is 9.92. The van der Waals surface area contributed by atoms with Crippen molar-refractivity contribution in [2.45, 2.75) is 45.1 Å². The maximum Gasteiger partial charge on any atom is 0.119 e. The van der Waals surface area contributed by atoms with Gasteiger partial charge in [-0.05, 0) is 67.3 Å². The molecule has 3 rings (SSSR count). The quantitative estimate of drug-likeness (QED) is 0.806. The van der Waals surface area contributed by atoms with E-state index in [1.54, 1.807) is 6.07 Å². The third kappa shape index (κ3) is 4.99. The Labute approximate surface area is 151 Å². The number of fused-ring (bicyclic) bond motifs is 1. The van der Waals surface area contributed by atoms with Crippen LogP contribution >= 0.6 is 12.4 Å². The smallest absolute Gasteiger partial charge is 0.119 e. The number of hydrogen-bond acceptors (Lipinski definition) is 2. The molecule has 0 radical (unpaired) electrons. The Kier molecular flexibility index (Phi) is 7.14. The zero-order chi connectivity index (χ0) is 16.1. The molecule has 0 bridgehead atoms. The number of aromatic hydroxyl groups is 1. The molecule has 0 saturated carbocycles. The lowest BCUT2D eigenvalue weighted by Gasteiger charge is -2.27. The molecule has 0 spiro atoms. The maximum atomic E-state index is 9.92. The van der Waals surface area contributed by atoms with Crippen LogP contribution < -0.4 is 5.32 Å². The van der Waals surface area contributed by atoms with Gasteiger partial charge >= 0.3 is 0 Å². The fraction of sp³-hybridized carbons (Fsp3) is 0.429. The molecule has 2 unspecified atom stereocenters. The molecule has 0 saturated heterocycles. The minimum Gasteiger partial charge on any atom is -0.508 e. The molecule has 0 fully saturated rings. The number of phenolic OH excluding ortho intramolecular Hbond substituents is 1. The van der Waals surface area contributed by atoms with Gasteiger partial charge in [0, 0.05) is 6.04 Å². The first-order chi connectivity index (χ1) is 11.2. The second kappa shape index (κ2) is 9.10. The van der Waals surface area contributed by atoms with E-state index in [9.17, 15) is 5.11 Å². The predicted molar refractivity (Wildman–Crippen MR) is 103 cm³/mol. The number of hydrogen-bond donors (Lipinski definition) is 2. The largest absolute Gasteiger partial charge is 0.508 e. The van der Waals surface area contributed by atoms with E-state index in [0.29, 0.717) is 17.7 Å². The molecule has 2 atom stereocenters. The number of nitrogens with one attached hydrogen (secondary N) is 1. The lowest BCUT2D eigenvalue weighted by atomic mass is 9.87. The molecule has 2 N–H and O–H groups in total. The summed E-state index contributed by atoms with van der Waals surface area (Å²) in [5, 5.41) is 13.7. The molecule has 0 aliphatic heterocycles. The Balaban J connectivity index is 0.00000208. The third-order valence-electron chi connectivity index (χ3n) is 4.98. The van der Waals surface area contributed by atoms with Gasteiger partial charge in [-0.15, -0.1) is 12.4 Å². The Hall–Kier alpha value is -1.51. The Morgan fingerprint density at radius 1 is 1.12 bits per heavy atom. The minimum absolute atomic E-state index is 0. The summed E-state index contributed by atoms with van der Waals surface area (Å²) in [5.41, 5.74) is 3.90. The molecule has 2 nitrogen and oxygen atoms in total. The first-order valence-corrected chi connectivity index (χ1v) is 8.79. The molecular weight excluding hydrogens is 318 g/mol. The molecule has 2 aromatic carbocycles. The summed E-state index contributed by atoms with van der Waals surface area (Å²) in [4.78, 5) is 0. The van der Waals surface area contributed by atoms with Gasteiger partial charge in [0.1, 0.15) is 5.75 Å². The SMILES string of the molecule is CC(CCc1ccccc1)CNC1CCc2c(O)cccc2C1.Cl. The van der Waals surface area contributed by atoms with Crippen LogP contribution in [0.15, 0.2) is 48.5 Å². The summed E-state index contributed by atoms with van der Waals surface area (Å²) >= 11 is 0. The summed E-state index contributed by atoms with van der Waals surface area (Å²) in [5.74, 6) is 1.15. The summed E-state index contributed by atoms with van der Waals surface area (Å²) in [6, 6.07) is 17.2. The Bertz CT molecular complexity index is 629. The van der Waals surface area contributed by atoms with Crippen molar-refractivity contribution < 1.29 is 5.11 Å². The Morgan fingerprint density at radius 3 is 2.71 bits per heavy atom. The van der Waals surface area contributed by atoms with E-state index < -0.39 is 0 Å². The van der Waals surface area contributed by atoms with Gasteiger partial charge in [-0.1, -0.05) is 49.4 Å². The zero-order valence-corrected chi connectivity index (χ0v) is 15.2. The van der Waals surface area contributed by atoms with Crippen LogP contribution in [0.4, 0.5) is 0 Å². The van der Waals surface area contributed by atoms with E-state index in [2.05, 4.69) is 48.6 Å². The predicted octanol–water partition coefficient (Wildman–Crippen LogP) is 4.53. The van der Waals surface area contributed by atoms with Gasteiger partial charge in [0.2, 0.25) is 0 Å². The van der Waals surface area contributed by atoms with Crippen molar-refractivity contribution >= 4 is 12.4 Å². The fourth-order valence-electron chi connectivity index (χ4n) is 3.49. The van der Waals surface area contributed by atoms with Gasteiger partial charge in [-0.2, -0.15) is 0 Å². The molecule has 130 valence electrons. The summed E-state index contributed by atoms with van der Waals surface area (Å²) in [6.07, 6.45) is 5.52. The highest BCUT2D eigenvalue weighted by Crippen LogP contribution is 2.28. The fourth-order valence-corrected chi connectivity index (χ4v) is 3.49. The normalized spacial score (nSPS) is 17.6. The second-order valence-corrected chi connectivity index (χ2v) is 6.89. The van der Waals surface area contributed by atoms with E-state index in [1.807, 2.05) is 6.07 Å². The molecule has 0 heterocycles. The third-order valence-corrected chi connectivity index (χ3v) is 4.98. The highest BCUT2D eigenvalue weighted by atomic mass is 35.5. The molecule has 1 aliphatic rings. The van der Waals surface area contributed by atoms with Crippen LogP contribution in [-0.4, -0.2) is 17.7 Å². The van der Waals surface area contributed by atoms with Crippen molar-refractivity contribution in [3.63, 3.8) is 0 Å². The molecule has 24 heavy (non-hydrogen) atoms. The summed E-state index contributed by atoms with van der Waals surface area (Å²) in [7, 11) is 0. The van der Waals surface area contributed by atoms with Crippen molar-refractivity contribution in [1.82, 2.24) is 5.32 Å². The van der Waals surface area contributed by atoms with Gasteiger partial charge in [0.15, 0.2) is 0 Å². The first kappa shape index (κ1) is 18.8. The molecule has 0 aromatic heterocycles. The summed E-state index contributed by atoms with van der Waals surface area (Å²) < 4.78 is 0. The highest BCUT2D eigenvalue weighted by molar-refractivity contribution is 5.85. The van der Waals surface area contributed by atoms with Gasteiger partial charge in [0.25, 0.3) is 0 Å². The lowest BCUT2D eigenvalue weighted by molar-refractivity contribution is 0.394. The monoisotopic (exact) mass is 345 g/mol. The van der Waals surface area contributed by atoms with Crippen LogP contribution in [-0.2, 0) is 19.3 Å². The molecule has 2 aromatic rings. The van der Waals surface area contributed by atoms with Crippen molar-refractivity contribution in [3.8, 4) is 5.75 Å².